The van der Waals surface area contributed by atoms with Crippen LogP contribution < -0.4 is 14.2 Å². The van der Waals surface area contributed by atoms with Gasteiger partial charge in [-0.25, -0.2) is 0 Å². The Morgan fingerprint density at radius 1 is 0.833 bits per heavy atom. The summed E-state index contributed by atoms with van der Waals surface area (Å²) in [4.78, 5) is 0. The monoisotopic (exact) mass is 406 g/mol. The Morgan fingerprint density at radius 3 is 2.03 bits per heavy atom. The fraction of sp³-hybridized carbons (Fsp3) is 0.280. The standard InChI is InChI=1S/C25H26O5/c1-25(2,30-23-13-11-22(12-14-23)28-16-24-17-29-24)19-5-3-18(4-6-19)15-27-21-9-7-20(26)8-10-21/h3-14,24,26H,15-17H2,1-2H3. The molecule has 5 heteroatoms. The zero-order valence-electron chi connectivity index (χ0n) is 17.2. The number of phenolic OH excluding ortho intramolecular Hbond substituents is 1. The third-order valence-electron chi connectivity index (χ3n) is 4.93. The molecule has 1 N–H and O–H groups in total. The minimum absolute atomic E-state index is 0.226. The van der Waals surface area contributed by atoms with Crippen molar-refractivity contribution in [2.75, 3.05) is 13.2 Å². The molecule has 1 unspecified atom stereocenters. The molecule has 0 spiro atoms. The second-order valence-electron chi connectivity index (χ2n) is 7.83. The van der Waals surface area contributed by atoms with E-state index in [0.717, 1.165) is 35.0 Å². The van der Waals surface area contributed by atoms with E-state index < -0.39 is 5.60 Å². The maximum Gasteiger partial charge on any atom is 0.128 e. The van der Waals surface area contributed by atoms with E-state index in [4.69, 9.17) is 18.9 Å². The second-order valence-corrected chi connectivity index (χ2v) is 7.83. The van der Waals surface area contributed by atoms with Crippen LogP contribution in [0.4, 0.5) is 0 Å². The molecule has 4 rings (SSSR count). The van der Waals surface area contributed by atoms with Crippen molar-refractivity contribution in [3.63, 3.8) is 0 Å². The van der Waals surface area contributed by atoms with Gasteiger partial charge >= 0.3 is 0 Å². The van der Waals surface area contributed by atoms with Gasteiger partial charge in [0, 0.05) is 0 Å². The lowest BCUT2D eigenvalue weighted by molar-refractivity contribution is 0.108. The number of benzene rings is 3. The SMILES string of the molecule is CC(C)(Oc1ccc(OCC2CO2)cc1)c1ccc(COc2ccc(O)cc2)cc1. The van der Waals surface area contributed by atoms with E-state index in [2.05, 4.69) is 12.1 Å². The quantitative estimate of drug-likeness (QED) is 0.503. The smallest absolute Gasteiger partial charge is 0.128 e. The molecular weight excluding hydrogens is 380 g/mol. The molecule has 30 heavy (non-hydrogen) atoms. The number of rotatable bonds is 9. The molecule has 156 valence electrons. The van der Waals surface area contributed by atoms with Gasteiger partial charge in [-0.15, -0.1) is 0 Å². The van der Waals surface area contributed by atoms with Crippen LogP contribution in [-0.2, 0) is 16.9 Å². The van der Waals surface area contributed by atoms with Gasteiger partial charge in [-0.3, -0.25) is 0 Å². The largest absolute Gasteiger partial charge is 0.508 e. The fourth-order valence-corrected chi connectivity index (χ4v) is 3.02. The predicted molar refractivity (Wildman–Crippen MR) is 114 cm³/mol. The van der Waals surface area contributed by atoms with Crippen LogP contribution in [0, 0.1) is 0 Å². The summed E-state index contributed by atoms with van der Waals surface area (Å²) in [6, 6.07) is 22.6. The Bertz CT molecular complexity index is 942. The Labute approximate surface area is 176 Å². The maximum absolute atomic E-state index is 9.34. The molecule has 1 aliphatic heterocycles. The van der Waals surface area contributed by atoms with E-state index in [1.807, 2.05) is 50.2 Å². The average molecular weight is 406 g/mol. The van der Waals surface area contributed by atoms with Gasteiger partial charge in [0.15, 0.2) is 0 Å². The molecule has 0 radical (unpaired) electrons. The first-order valence-corrected chi connectivity index (χ1v) is 10.0. The number of epoxide rings is 1. The highest BCUT2D eigenvalue weighted by Crippen LogP contribution is 2.29. The van der Waals surface area contributed by atoms with Crippen molar-refractivity contribution in [3.05, 3.63) is 83.9 Å². The van der Waals surface area contributed by atoms with Gasteiger partial charge in [0.25, 0.3) is 0 Å². The molecule has 0 aliphatic carbocycles. The molecule has 1 atom stereocenters. The van der Waals surface area contributed by atoms with Crippen LogP contribution >= 0.6 is 0 Å². The topological polar surface area (TPSA) is 60.5 Å². The molecule has 3 aromatic carbocycles. The number of hydrogen-bond donors (Lipinski definition) is 1. The summed E-state index contributed by atoms with van der Waals surface area (Å²) in [5.41, 5.74) is 1.64. The summed E-state index contributed by atoms with van der Waals surface area (Å²) in [7, 11) is 0. The van der Waals surface area contributed by atoms with Crippen molar-refractivity contribution in [2.24, 2.45) is 0 Å². The lowest BCUT2D eigenvalue weighted by Gasteiger charge is -2.27. The van der Waals surface area contributed by atoms with Crippen LogP contribution in [0.3, 0.4) is 0 Å². The van der Waals surface area contributed by atoms with E-state index in [-0.39, 0.29) is 11.9 Å². The molecule has 5 nitrogen and oxygen atoms in total. The third kappa shape index (κ3) is 5.45. The van der Waals surface area contributed by atoms with Crippen LogP contribution in [0.1, 0.15) is 25.0 Å². The van der Waals surface area contributed by atoms with Gasteiger partial charge in [-0.05, 0) is 73.5 Å². The molecule has 1 heterocycles. The normalized spacial score (nSPS) is 15.5. The number of phenols is 1. The Morgan fingerprint density at radius 2 is 1.40 bits per heavy atom. The van der Waals surface area contributed by atoms with E-state index >= 15 is 0 Å². The minimum Gasteiger partial charge on any atom is -0.508 e. The van der Waals surface area contributed by atoms with Gasteiger partial charge in [0.05, 0.1) is 6.61 Å². The Kier molecular flexibility index (Phi) is 5.81. The molecular formula is C25H26O5. The van der Waals surface area contributed by atoms with Crippen LogP contribution in [0.2, 0.25) is 0 Å². The first-order valence-electron chi connectivity index (χ1n) is 10.0. The van der Waals surface area contributed by atoms with Crippen molar-refractivity contribution >= 4 is 0 Å². The fourth-order valence-electron chi connectivity index (χ4n) is 3.02. The summed E-state index contributed by atoms with van der Waals surface area (Å²) in [5, 5.41) is 9.34. The maximum atomic E-state index is 9.34. The predicted octanol–water partition coefficient (Wildman–Crippen LogP) is 5.06. The van der Waals surface area contributed by atoms with E-state index in [0.29, 0.717) is 13.2 Å². The van der Waals surface area contributed by atoms with E-state index in [9.17, 15) is 5.11 Å². The van der Waals surface area contributed by atoms with E-state index in [1.54, 1.807) is 24.3 Å². The Balaban J connectivity index is 1.33. The lowest BCUT2D eigenvalue weighted by atomic mass is 9.97. The van der Waals surface area contributed by atoms with Crippen molar-refractivity contribution in [1.82, 2.24) is 0 Å². The third-order valence-corrected chi connectivity index (χ3v) is 4.93. The molecule has 1 saturated heterocycles. The van der Waals surface area contributed by atoms with Crippen LogP contribution in [0.25, 0.3) is 0 Å². The van der Waals surface area contributed by atoms with Crippen molar-refractivity contribution in [2.45, 2.75) is 32.2 Å². The summed E-state index contributed by atoms with van der Waals surface area (Å²) >= 11 is 0. The highest BCUT2D eigenvalue weighted by molar-refractivity contribution is 5.34. The van der Waals surface area contributed by atoms with Gasteiger partial charge < -0.3 is 24.1 Å². The van der Waals surface area contributed by atoms with Gasteiger partial charge in [-0.1, -0.05) is 24.3 Å². The first kappa shape index (κ1) is 20.1. The molecule has 0 bridgehead atoms. The number of hydrogen-bond acceptors (Lipinski definition) is 5. The van der Waals surface area contributed by atoms with Crippen LogP contribution in [0.5, 0.6) is 23.0 Å². The molecule has 3 aromatic rings. The molecule has 0 saturated carbocycles. The zero-order valence-corrected chi connectivity index (χ0v) is 17.2. The second kappa shape index (κ2) is 8.67. The average Bonchev–Trinajstić information content (AvgIpc) is 3.58. The summed E-state index contributed by atoms with van der Waals surface area (Å²) in [6.45, 7) is 5.93. The molecule has 0 aromatic heterocycles. The molecule has 1 fully saturated rings. The lowest BCUT2D eigenvalue weighted by Crippen LogP contribution is -2.25. The van der Waals surface area contributed by atoms with Crippen LogP contribution in [0.15, 0.2) is 72.8 Å². The van der Waals surface area contributed by atoms with E-state index in [1.165, 1.54) is 0 Å². The van der Waals surface area contributed by atoms with Crippen molar-refractivity contribution < 1.29 is 24.1 Å². The highest BCUT2D eigenvalue weighted by Gasteiger charge is 2.24. The van der Waals surface area contributed by atoms with Crippen molar-refractivity contribution in [1.29, 1.82) is 0 Å². The first-order chi connectivity index (χ1) is 14.5. The number of ether oxygens (including phenoxy) is 4. The van der Waals surface area contributed by atoms with Gasteiger partial charge in [0.1, 0.15) is 47.9 Å². The zero-order chi connectivity index (χ0) is 21.0. The molecule has 0 amide bonds. The van der Waals surface area contributed by atoms with Crippen molar-refractivity contribution in [3.8, 4) is 23.0 Å². The number of aromatic hydroxyl groups is 1. The Hall–Kier alpha value is -3.18. The highest BCUT2D eigenvalue weighted by atomic mass is 16.6. The summed E-state index contributed by atoms with van der Waals surface area (Å²) < 4.78 is 22.8. The summed E-state index contributed by atoms with van der Waals surface area (Å²) in [6.07, 6.45) is 0.245. The van der Waals surface area contributed by atoms with Gasteiger partial charge in [0.2, 0.25) is 0 Å². The minimum atomic E-state index is -0.486. The van der Waals surface area contributed by atoms with Gasteiger partial charge in [-0.2, -0.15) is 0 Å². The van der Waals surface area contributed by atoms with Crippen LogP contribution in [-0.4, -0.2) is 24.4 Å². The summed E-state index contributed by atoms with van der Waals surface area (Å²) in [5.74, 6) is 2.55. The molecule has 1 aliphatic rings.